The summed E-state index contributed by atoms with van der Waals surface area (Å²) in [6, 6.07) is 17.3. The van der Waals surface area contributed by atoms with Crippen LogP contribution in [0.5, 0.6) is 0 Å². The fourth-order valence-electron chi connectivity index (χ4n) is 2.00. The van der Waals surface area contributed by atoms with Crippen molar-refractivity contribution < 1.29 is 9.09 Å². The minimum atomic E-state index is -2.97. The molecule has 0 N–H and O–H groups in total. The van der Waals surface area contributed by atoms with E-state index in [1.807, 2.05) is 61.5 Å². The molecule has 0 spiro atoms. The van der Waals surface area contributed by atoms with Gasteiger partial charge in [-0.25, -0.2) is 0 Å². The van der Waals surface area contributed by atoms with Crippen LogP contribution in [0.2, 0.25) is 0 Å². The maximum Gasteiger partial charge on any atom is 0.261 e. The SMILES string of the molecule is CCCCOP(=O)(c1ccccc1)c1ccc(C)cc1. The lowest BCUT2D eigenvalue weighted by molar-refractivity contribution is 0.318. The van der Waals surface area contributed by atoms with E-state index in [2.05, 4.69) is 6.92 Å². The van der Waals surface area contributed by atoms with Gasteiger partial charge < -0.3 is 4.52 Å². The van der Waals surface area contributed by atoms with Gasteiger partial charge in [-0.15, -0.1) is 0 Å². The van der Waals surface area contributed by atoms with Gasteiger partial charge in [0.1, 0.15) is 0 Å². The monoisotopic (exact) mass is 288 g/mol. The molecule has 3 heteroatoms. The first-order valence-electron chi connectivity index (χ1n) is 7.04. The van der Waals surface area contributed by atoms with Gasteiger partial charge in [-0.3, -0.25) is 4.57 Å². The molecule has 0 fully saturated rings. The second-order valence-corrected chi connectivity index (χ2v) is 7.30. The Hall–Kier alpha value is -1.37. The molecule has 20 heavy (non-hydrogen) atoms. The van der Waals surface area contributed by atoms with Crippen molar-refractivity contribution in [1.29, 1.82) is 0 Å². The number of rotatable bonds is 6. The molecule has 0 aliphatic rings. The summed E-state index contributed by atoms with van der Waals surface area (Å²) < 4.78 is 19.2. The van der Waals surface area contributed by atoms with E-state index in [1.165, 1.54) is 0 Å². The summed E-state index contributed by atoms with van der Waals surface area (Å²) in [5.41, 5.74) is 1.15. The highest BCUT2D eigenvalue weighted by atomic mass is 31.2. The van der Waals surface area contributed by atoms with Crippen LogP contribution in [0.4, 0.5) is 0 Å². The first-order chi connectivity index (χ1) is 9.66. The summed E-state index contributed by atoms with van der Waals surface area (Å²) in [4.78, 5) is 0. The first kappa shape index (κ1) is 15.0. The van der Waals surface area contributed by atoms with Crippen molar-refractivity contribution >= 4 is 18.0 Å². The topological polar surface area (TPSA) is 26.3 Å². The Kier molecular flexibility index (Phi) is 5.17. The maximum atomic E-state index is 13.4. The Bertz CT molecular complexity index is 576. The van der Waals surface area contributed by atoms with E-state index in [1.54, 1.807) is 0 Å². The van der Waals surface area contributed by atoms with Crippen molar-refractivity contribution in [3.05, 3.63) is 60.2 Å². The number of hydrogen-bond acceptors (Lipinski definition) is 2. The normalized spacial score (nSPS) is 13.9. The van der Waals surface area contributed by atoms with E-state index >= 15 is 0 Å². The van der Waals surface area contributed by atoms with Gasteiger partial charge in [-0.1, -0.05) is 49.2 Å². The third kappa shape index (κ3) is 3.39. The van der Waals surface area contributed by atoms with Gasteiger partial charge in [0.2, 0.25) is 0 Å². The van der Waals surface area contributed by atoms with Gasteiger partial charge in [0, 0.05) is 10.6 Å². The molecule has 0 saturated heterocycles. The van der Waals surface area contributed by atoms with Crippen LogP contribution in [-0.4, -0.2) is 6.61 Å². The molecule has 0 aromatic heterocycles. The van der Waals surface area contributed by atoms with Gasteiger partial charge in [-0.2, -0.15) is 0 Å². The Labute approximate surface area is 121 Å². The fourth-order valence-corrected chi connectivity index (χ4v) is 4.09. The molecule has 0 amide bonds. The third-order valence-corrected chi connectivity index (χ3v) is 5.74. The van der Waals surface area contributed by atoms with Gasteiger partial charge >= 0.3 is 0 Å². The van der Waals surface area contributed by atoms with Gasteiger partial charge in [0.05, 0.1) is 6.61 Å². The van der Waals surface area contributed by atoms with Gasteiger partial charge in [0.15, 0.2) is 0 Å². The summed E-state index contributed by atoms with van der Waals surface area (Å²) in [5.74, 6) is 0. The standard InChI is InChI=1S/C17H21O2P/c1-3-4-14-19-20(18,16-8-6-5-7-9-16)17-12-10-15(2)11-13-17/h5-13H,3-4,14H2,1-2H3. The summed E-state index contributed by atoms with van der Waals surface area (Å²) in [6.45, 7) is 4.65. The summed E-state index contributed by atoms with van der Waals surface area (Å²) in [6.07, 6.45) is 1.95. The lowest BCUT2D eigenvalue weighted by Gasteiger charge is -2.19. The molecule has 1 unspecified atom stereocenters. The molecule has 0 radical (unpaired) electrons. The number of hydrogen-bond donors (Lipinski definition) is 0. The van der Waals surface area contributed by atoms with Crippen molar-refractivity contribution in [3.8, 4) is 0 Å². The molecule has 0 aliphatic carbocycles. The van der Waals surface area contributed by atoms with Crippen LogP contribution >= 0.6 is 7.37 Å². The molecule has 106 valence electrons. The molecule has 0 heterocycles. The molecular weight excluding hydrogens is 267 g/mol. The minimum absolute atomic E-state index is 0.524. The van der Waals surface area contributed by atoms with E-state index < -0.39 is 7.37 Å². The maximum absolute atomic E-state index is 13.4. The third-order valence-electron chi connectivity index (χ3n) is 3.24. The highest BCUT2D eigenvalue weighted by Gasteiger charge is 2.28. The Morgan fingerprint density at radius 3 is 2.15 bits per heavy atom. The smallest absolute Gasteiger partial charge is 0.261 e. The Morgan fingerprint density at radius 2 is 1.55 bits per heavy atom. The van der Waals surface area contributed by atoms with Crippen LogP contribution in [0.3, 0.4) is 0 Å². The molecular formula is C17H21O2P. The minimum Gasteiger partial charge on any atom is -0.322 e. The predicted octanol–water partition coefficient (Wildman–Crippen LogP) is 4.04. The highest BCUT2D eigenvalue weighted by molar-refractivity contribution is 7.74. The zero-order valence-electron chi connectivity index (χ0n) is 12.1. The lowest BCUT2D eigenvalue weighted by Crippen LogP contribution is -2.18. The first-order valence-corrected chi connectivity index (χ1v) is 8.66. The average Bonchev–Trinajstić information content (AvgIpc) is 2.49. The summed E-state index contributed by atoms with van der Waals surface area (Å²) >= 11 is 0. The Morgan fingerprint density at radius 1 is 0.950 bits per heavy atom. The number of benzene rings is 2. The molecule has 0 aliphatic heterocycles. The summed E-state index contributed by atoms with van der Waals surface area (Å²) in [7, 11) is -2.97. The van der Waals surface area contributed by atoms with E-state index in [4.69, 9.17) is 4.52 Å². The van der Waals surface area contributed by atoms with E-state index in [-0.39, 0.29) is 0 Å². The second kappa shape index (κ2) is 6.88. The molecule has 1 atom stereocenters. The molecule has 2 aromatic rings. The van der Waals surface area contributed by atoms with Crippen molar-refractivity contribution in [2.75, 3.05) is 6.61 Å². The van der Waals surface area contributed by atoms with Gasteiger partial charge in [0.25, 0.3) is 7.37 Å². The lowest BCUT2D eigenvalue weighted by atomic mass is 10.2. The number of aryl methyl sites for hydroxylation is 1. The van der Waals surface area contributed by atoms with Gasteiger partial charge in [-0.05, 0) is 37.6 Å². The zero-order valence-corrected chi connectivity index (χ0v) is 13.0. The largest absolute Gasteiger partial charge is 0.322 e. The van der Waals surface area contributed by atoms with Crippen LogP contribution in [0.1, 0.15) is 25.3 Å². The average molecular weight is 288 g/mol. The molecule has 2 rings (SSSR count). The van der Waals surface area contributed by atoms with Crippen molar-refractivity contribution in [3.63, 3.8) is 0 Å². The molecule has 0 saturated carbocycles. The quantitative estimate of drug-likeness (QED) is 0.592. The fraction of sp³-hybridized carbons (Fsp3) is 0.294. The van der Waals surface area contributed by atoms with Crippen LogP contribution in [0, 0.1) is 6.92 Å². The van der Waals surface area contributed by atoms with Crippen molar-refractivity contribution in [1.82, 2.24) is 0 Å². The van der Waals surface area contributed by atoms with E-state index in [9.17, 15) is 4.57 Å². The molecule has 2 nitrogen and oxygen atoms in total. The second-order valence-electron chi connectivity index (χ2n) is 4.91. The predicted molar refractivity (Wildman–Crippen MR) is 85.4 cm³/mol. The van der Waals surface area contributed by atoms with Crippen LogP contribution in [-0.2, 0) is 9.09 Å². The Balaban J connectivity index is 2.38. The molecule has 2 aromatic carbocycles. The summed E-state index contributed by atoms with van der Waals surface area (Å²) in [5, 5.41) is 1.53. The van der Waals surface area contributed by atoms with Crippen LogP contribution in [0.25, 0.3) is 0 Å². The van der Waals surface area contributed by atoms with E-state index in [0.717, 1.165) is 29.0 Å². The molecule has 0 bridgehead atoms. The van der Waals surface area contributed by atoms with Crippen LogP contribution < -0.4 is 10.6 Å². The van der Waals surface area contributed by atoms with Crippen molar-refractivity contribution in [2.24, 2.45) is 0 Å². The zero-order chi connectivity index (χ0) is 14.4. The highest BCUT2D eigenvalue weighted by Crippen LogP contribution is 2.44. The van der Waals surface area contributed by atoms with Crippen molar-refractivity contribution in [2.45, 2.75) is 26.7 Å². The number of unbranched alkanes of at least 4 members (excludes halogenated alkanes) is 1. The van der Waals surface area contributed by atoms with E-state index in [0.29, 0.717) is 6.61 Å². The van der Waals surface area contributed by atoms with Crippen LogP contribution in [0.15, 0.2) is 54.6 Å².